The second-order valence-corrected chi connectivity index (χ2v) is 5.56. The van der Waals surface area contributed by atoms with E-state index in [1.165, 1.54) is 6.07 Å². The number of nitrogens with one attached hydrogen (secondary N) is 1. The number of benzene rings is 2. The van der Waals surface area contributed by atoms with Crippen LogP contribution in [0.3, 0.4) is 0 Å². The first-order valence-electron chi connectivity index (χ1n) is 7.70. The lowest BCUT2D eigenvalue weighted by atomic mass is 9.96. The molecule has 0 atom stereocenters. The summed E-state index contributed by atoms with van der Waals surface area (Å²) in [7, 11) is 0. The van der Waals surface area contributed by atoms with E-state index < -0.39 is 11.4 Å². The molecule has 0 fully saturated rings. The lowest BCUT2D eigenvalue weighted by Gasteiger charge is -2.13. The Hall–Kier alpha value is -3.39. The van der Waals surface area contributed by atoms with Crippen molar-refractivity contribution >= 4 is 0 Å². The Morgan fingerprint density at radius 1 is 1.12 bits per heavy atom. The molecule has 124 valence electrons. The Morgan fingerprint density at radius 2 is 1.84 bits per heavy atom. The third-order valence-corrected chi connectivity index (χ3v) is 3.81. The van der Waals surface area contributed by atoms with Gasteiger partial charge in [-0.1, -0.05) is 36.4 Å². The van der Waals surface area contributed by atoms with Crippen LogP contribution in [0.5, 0.6) is 5.75 Å². The third kappa shape index (κ3) is 3.43. The monoisotopic (exact) mass is 334 g/mol. The first-order valence-corrected chi connectivity index (χ1v) is 7.70. The van der Waals surface area contributed by atoms with Crippen molar-refractivity contribution < 1.29 is 9.13 Å². The molecule has 1 heterocycles. The zero-order chi connectivity index (χ0) is 17.8. The van der Waals surface area contributed by atoms with E-state index in [-0.39, 0.29) is 17.9 Å². The van der Waals surface area contributed by atoms with Gasteiger partial charge >= 0.3 is 0 Å². The summed E-state index contributed by atoms with van der Waals surface area (Å²) >= 11 is 0. The predicted molar refractivity (Wildman–Crippen MR) is 92.7 cm³/mol. The molecule has 0 aliphatic carbocycles. The maximum Gasteiger partial charge on any atom is 0.266 e. The number of nitriles is 1. The van der Waals surface area contributed by atoms with Gasteiger partial charge in [-0.15, -0.1) is 0 Å². The number of aryl methyl sites for hydroxylation is 1. The van der Waals surface area contributed by atoms with Gasteiger partial charge < -0.3 is 9.72 Å². The van der Waals surface area contributed by atoms with E-state index in [0.29, 0.717) is 16.8 Å². The third-order valence-electron chi connectivity index (χ3n) is 3.81. The van der Waals surface area contributed by atoms with E-state index in [0.717, 1.165) is 5.56 Å². The fourth-order valence-electron chi connectivity index (χ4n) is 2.64. The molecular weight excluding hydrogens is 319 g/mol. The Labute approximate surface area is 144 Å². The minimum absolute atomic E-state index is 0.0453. The number of ether oxygens (including phenoxy) is 1. The number of aromatic nitrogens is 1. The highest BCUT2D eigenvalue weighted by molar-refractivity contribution is 5.73. The van der Waals surface area contributed by atoms with Crippen LogP contribution in [0.25, 0.3) is 11.1 Å². The first kappa shape index (κ1) is 16.5. The minimum Gasteiger partial charge on any atom is -0.486 e. The van der Waals surface area contributed by atoms with Crippen LogP contribution < -0.4 is 10.3 Å². The maximum atomic E-state index is 13.7. The van der Waals surface area contributed by atoms with Crippen molar-refractivity contribution in [3.05, 3.63) is 87.6 Å². The average molecular weight is 334 g/mol. The number of hydrogen-bond acceptors (Lipinski definition) is 3. The van der Waals surface area contributed by atoms with Gasteiger partial charge in [-0.2, -0.15) is 5.26 Å². The lowest BCUT2D eigenvalue weighted by molar-refractivity contribution is 0.291. The molecule has 2 aromatic carbocycles. The van der Waals surface area contributed by atoms with E-state index in [1.807, 2.05) is 30.3 Å². The molecule has 0 unspecified atom stereocenters. The largest absolute Gasteiger partial charge is 0.486 e. The molecule has 0 bridgehead atoms. The summed E-state index contributed by atoms with van der Waals surface area (Å²) in [6.45, 7) is 1.87. The minimum atomic E-state index is -0.440. The molecule has 0 aliphatic heterocycles. The number of halogens is 1. The van der Waals surface area contributed by atoms with Gasteiger partial charge in [0, 0.05) is 11.3 Å². The van der Waals surface area contributed by atoms with Gasteiger partial charge in [-0.05, 0) is 36.2 Å². The van der Waals surface area contributed by atoms with Crippen molar-refractivity contribution in [2.24, 2.45) is 0 Å². The van der Waals surface area contributed by atoms with E-state index in [1.54, 1.807) is 31.2 Å². The quantitative estimate of drug-likeness (QED) is 0.786. The van der Waals surface area contributed by atoms with Crippen molar-refractivity contribution in [3.8, 4) is 22.9 Å². The molecule has 0 saturated heterocycles. The molecule has 5 heteroatoms. The molecule has 0 radical (unpaired) electrons. The van der Waals surface area contributed by atoms with Gasteiger partial charge in [0.15, 0.2) is 11.6 Å². The smallest absolute Gasteiger partial charge is 0.266 e. The van der Waals surface area contributed by atoms with E-state index >= 15 is 0 Å². The summed E-state index contributed by atoms with van der Waals surface area (Å²) in [5.74, 6) is -0.287. The highest BCUT2D eigenvalue weighted by atomic mass is 19.1. The van der Waals surface area contributed by atoms with Crippen LogP contribution in [0, 0.1) is 24.1 Å². The SMILES string of the molecule is Cc1cc(-c2ccccc2COc2ccccc2F)c(C#N)c(=O)[nH]1. The molecule has 4 nitrogen and oxygen atoms in total. The van der Waals surface area contributed by atoms with Gasteiger partial charge in [0.2, 0.25) is 0 Å². The summed E-state index contributed by atoms with van der Waals surface area (Å²) < 4.78 is 19.3. The number of H-pyrrole nitrogens is 1. The first-order chi connectivity index (χ1) is 12.1. The lowest BCUT2D eigenvalue weighted by Crippen LogP contribution is -2.13. The molecule has 1 N–H and O–H groups in total. The van der Waals surface area contributed by atoms with E-state index in [2.05, 4.69) is 4.98 Å². The summed E-state index contributed by atoms with van der Waals surface area (Å²) in [4.78, 5) is 14.7. The summed E-state index contributed by atoms with van der Waals surface area (Å²) in [6, 6.07) is 17.2. The van der Waals surface area contributed by atoms with Crippen molar-refractivity contribution in [2.75, 3.05) is 0 Å². The zero-order valence-electron chi connectivity index (χ0n) is 13.5. The Morgan fingerprint density at radius 3 is 2.60 bits per heavy atom. The van der Waals surface area contributed by atoms with E-state index in [9.17, 15) is 14.4 Å². The predicted octanol–water partition coefficient (Wildman–Crippen LogP) is 3.94. The molecular formula is C20H15FN2O2. The van der Waals surface area contributed by atoms with Gasteiger partial charge in [-0.3, -0.25) is 4.79 Å². The number of hydrogen-bond donors (Lipinski definition) is 1. The second-order valence-electron chi connectivity index (χ2n) is 5.56. The molecule has 0 amide bonds. The Kier molecular flexibility index (Phi) is 4.62. The van der Waals surface area contributed by atoms with Crippen molar-refractivity contribution in [1.82, 2.24) is 4.98 Å². The Bertz CT molecular complexity index is 1020. The highest BCUT2D eigenvalue weighted by Crippen LogP contribution is 2.27. The zero-order valence-corrected chi connectivity index (χ0v) is 13.5. The maximum absolute atomic E-state index is 13.7. The summed E-state index contributed by atoms with van der Waals surface area (Å²) in [5.41, 5.74) is 2.28. The van der Waals surface area contributed by atoms with Crippen LogP contribution in [0.15, 0.2) is 59.4 Å². The van der Waals surface area contributed by atoms with Crippen molar-refractivity contribution in [3.63, 3.8) is 0 Å². The van der Waals surface area contributed by atoms with Crippen molar-refractivity contribution in [2.45, 2.75) is 13.5 Å². The molecule has 25 heavy (non-hydrogen) atoms. The molecule has 0 aliphatic rings. The molecule has 0 saturated carbocycles. The normalized spacial score (nSPS) is 10.3. The second kappa shape index (κ2) is 7.02. The molecule has 3 rings (SSSR count). The summed E-state index contributed by atoms with van der Waals surface area (Å²) in [6.07, 6.45) is 0. The topological polar surface area (TPSA) is 65.9 Å². The highest BCUT2D eigenvalue weighted by Gasteiger charge is 2.14. The van der Waals surface area contributed by atoms with Gasteiger partial charge in [0.05, 0.1) is 0 Å². The number of nitrogens with zero attached hydrogens (tertiary/aromatic N) is 1. The molecule has 0 spiro atoms. The van der Waals surface area contributed by atoms with Gasteiger partial charge in [0.25, 0.3) is 5.56 Å². The molecule has 1 aromatic heterocycles. The fourth-order valence-corrected chi connectivity index (χ4v) is 2.64. The van der Waals surface area contributed by atoms with Crippen LogP contribution in [0.4, 0.5) is 4.39 Å². The van der Waals surface area contributed by atoms with Crippen LogP contribution >= 0.6 is 0 Å². The summed E-state index contributed by atoms with van der Waals surface area (Å²) in [5, 5.41) is 9.34. The number of pyridine rings is 1. The van der Waals surface area contributed by atoms with Crippen LogP contribution in [-0.2, 0) is 6.61 Å². The molecule has 3 aromatic rings. The van der Waals surface area contributed by atoms with Crippen LogP contribution in [0.1, 0.15) is 16.8 Å². The van der Waals surface area contributed by atoms with Crippen LogP contribution in [-0.4, -0.2) is 4.98 Å². The Balaban J connectivity index is 2.02. The van der Waals surface area contributed by atoms with E-state index in [4.69, 9.17) is 4.74 Å². The number of rotatable bonds is 4. The average Bonchev–Trinajstić information content (AvgIpc) is 2.61. The van der Waals surface area contributed by atoms with Crippen molar-refractivity contribution in [1.29, 1.82) is 5.26 Å². The van der Waals surface area contributed by atoms with Gasteiger partial charge in [0.1, 0.15) is 18.2 Å². The fraction of sp³-hybridized carbons (Fsp3) is 0.100. The number of aromatic amines is 1. The number of para-hydroxylation sites is 1. The standard InChI is InChI=1S/C20H15FN2O2/c1-13-10-16(17(11-22)20(24)23-13)15-7-3-2-6-14(15)12-25-19-9-5-4-8-18(19)21/h2-10H,12H2,1H3,(H,23,24). The van der Waals surface area contributed by atoms with Gasteiger partial charge in [-0.25, -0.2) is 4.39 Å². The van der Waals surface area contributed by atoms with Crippen LogP contribution in [0.2, 0.25) is 0 Å².